The van der Waals surface area contributed by atoms with Gasteiger partial charge in [0.25, 0.3) is 0 Å². The zero-order valence-electron chi connectivity index (χ0n) is 11.3. The number of nitrogens with zero attached hydrogens (tertiary/aromatic N) is 2. The number of hydrogen-bond donors (Lipinski definition) is 2. The highest BCUT2D eigenvalue weighted by molar-refractivity contribution is 6.33. The molecule has 2 heterocycles. The maximum atomic E-state index is 11.0. The van der Waals surface area contributed by atoms with E-state index in [9.17, 15) is 4.79 Å². The second kappa shape index (κ2) is 5.10. The number of rotatable bonds is 2. The van der Waals surface area contributed by atoms with Gasteiger partial charge in [0, 0.05) is 24.4 Å². The van der Waals surface area contributed by atoms with Crippen molar-refractivity contribution < 1.29 is 4.79 Å². The van der Waals surface area contributed by atoms with Gasteiger partial charge >= 0.3 is 0 Å². The number of aromatic nitrogens is 2. The van der Waals surface area contributed by atoms with Crippen molar-refractivity contribution in [2.45, 2.75) is 6.92 Å². The summed E-state index contributed by atoms with van der Waals surface area (Å²) >= 11 is 6.13. The van der Waals surface area contributed by atoms with Crippen LogP contribution in [0.1, 0.15) is 6.92 Å². The van der Waals surface area contributed by atoms with Gasteiger partial charge in [-0.1, -0.05) is 23.7 Å². The standard InChI is InChI=1S/C15H13ClN4O/c1-9(21)18-11-6-4-10(5-7-11)13-14(17)20-8-2-3-12(16)15(20)19-13/h2-8H,17H2,1H3,(H,18,21). The first-order chi connectivity index (χ1) is 10.1. The third-order valence-corrected chi connectivity index (χ3v) is 3.41. The van der Waals surface area contributed by atoms with Gasteiger partial charge in [0.2, 0.25) is 5.91 Å². The fourth-order valence-electron chi connectivity index (χ4n) is 2.18. The molecule has 0 atom stereocenters. The molecule has 0 aliphatic carbocycles. The van der Waals surface area contributed by atoms with E-state index in [4.69, 9.17) is 17.3 Å². The number of carbonyl (C=O) groups is 1. The van der Waals surface area contributed by atoms with Gasteiger partial charge in [-0.25, -0.2) is 4.98 Å². The Morgan fingerprint density at radius 1 is 1.29 bits per heavy atom. The minimum atomic E-state index is -0.109. The van der Waals surface area contributed by atoms with Crippen molar-refractivity contribution in [1.82, 2.24) is 9.38 Å². The Kier molecular flexibility index (Phi) is 3.27. The Balaban J connectivity index is 2.06. The minimum Gasteiger partial charge on any atom is -0.383 e. The highest BCUT2D eigenvalue weighted by atomic mass is 35.5. The van der Waals surface area contributed by atoms with E-state index in [-0.39, 0.29) is 5.91 Å². The number of hydrogen-bond acceptors (Lipinski definition) is 3. The number of fused-ring (bicyclic) bond motifs is 1. The summed E-state index contributed by atoms with van der Waals surface area (Å²) in [6.45, 7) is 1.47. The van der Waals surface area contributed by atoms with Gasteiger partial charge in [-0.15, -0.1) is 0 Å². The molecule has 0 spiro atoms. The molecular formula is C15H13ClN4O. The molecule has 0 aliphatic heterocycles. The number of benzene rings is 1. The van der Waals surface area contributed by atoms with Crippen LogP contribution >= 0.6 is 11.6 Å². The Bertz CT molecular complexity index is 824. The molecule has 1 aromatic carbocycles. The van der Waals surface area contributed by atoms with Gasteiger partial charge in [-0.2, -0.15) is 0 Å². The van der Waals surface area contributed by atoms with E-state index in [1.165, 1.54) is 6.92 Å². The Morgan fingerprint density at radius 3 is 2.62 bits per heavy atom. The van der Waals surface area contributed by atoms with Crippen LogP contribution in [-0.2, 0) is 4.79 Å². The third-order valence-electron chi connectivity index (χ3n) is 3.12. The lowest BCUT2D eigenvalue weighted by Gasteiger charge is -2.03. The maximum Gasteiger partial charge on any atom is 0.221 e. The summed E-state index contributed by atoms with van der Waals surface area (Å²) < 4.78 is 1.75. The van der Waals surface area contributed by atoms with Gasteiger partial charge in [0.1, 0.15) is 11.5 Å². The number of nitrogen functional groups attached to an aromatic ring is 1. The van der Waals surface area contributed by atoms with Crippen LogP contribution in [0.3, 0.4) is 0 Å². The first kappa shape index (κ1) is 13.5. The maximum absolute atomic E-state index is 11.0. The molecule has 0 radical (unpaired) electrons. The van der Waals surface area contributed by atoms with Crippen LogP contribution in [0.25, 0.3) is 16.9 Å². The van der Waals surface area contributed by atoms with E-state index in [1.54, 1.807) is 10.5 Å². The molecular weight excluding hydrogens is 288 g/mol. The molecule has 3 rings (SSSR count). The van der Waals surface area contributed by atoms with Crippen LogP contribution in [0.2, 0.25) is 5.02 Å². The molecule has 0 bridgehead atoms. The zero-order valence-corrected chi connectivity index (χ0v) is 12.1. The van der Waals surface area contributed by atoms with E-state index < -0.39 is 0 Å². The number of anilines is 2. The summed E-state index contributed by atoms with van der Waals surface area (Å²) in [4.78, 5) is 15.5. The molecule has 0 saturated carbocycles. The summed E-state index contributed by atoms with van der Waals surface area (Å²) in [6.07, 6.45) is 1.82. The lowest BCUT2D eigenvalue weighted by Crippen LogP contribution is -2.05. The van der Waals surface area contributed by atoms with Crippen molar-refractivity contribution in [3.05, 3.63) is 47.6 Å². The molecule has 3 N–H and O–H groups in total. The van der Waals surface area contributed by atoms with Crippen molar-refractivity contribution in [3.63, 3.8) is 0 Å². The van der Waals surface area contributed by atoms with E-state index in [0.29, 0.717) is 22.2 Å². The second-order valence-electron chi connectivity index (χ2n) is 4.65. The second-order valence-corrected chi connectivity index (χ2v) is 5.06. The largest absolute Gasteiger partial charge is 0.383 e. The molecule has 2 aromatic heterocycles. The molecule has 0 unspecified atom stereocenters. The number of halogens is 1. The van der Waals surface area contributed by atoms with Crippen LogP contribution < -0.4 is 11.1 Å². The van der Waals surface area contributed by atoms with Gasteiger partial charge in [-0.05, 0) is 24.3 Å². The van der Waals surface area contributed by atoms with Crippen LogP contribution in [0, 0.1) is 0 Å². The lowest BCUT2D eigenvalue weighted by molar-refractivity contribution is -0.114. The number of pyridine rings is 1. The first-order valence-corrected chi connectivity index (χ1v) is 6.74. The van der Waals surface area contributed by atoms with Gasteiger partial charge in [-0.3, -0.25) is 9.20 Å². The average Bonchev–Trinajstić information content (AvgIpc) is 2.78. The van der Waals surface area contributed by atoms with E-state index in [0.717, 1.165) is 11.3 Å². The SMILES string of the molecule is CC(=O)Nc1ccc(-c2nc3c(Cl)cccn3c2N)cc1. The third kappa shape index (κ3) is 2.43. The van der Waals surface area contributed by atoms with E-state index in [1.807, 2.05) is 36.5 Å². The van der Waals surface area contributed by atoms with E-state index >= 15 is 0 Å². The number of imidazole rings is 1. The number of nitrogens with two attached hydrogens (primary N) is 1. The summed E-state index contributed by atoms with van der Waals surface area (Å²) in [7, 11) is 0. The van der Waals surface area contributed by atoms with Crippen molar-refractivity contribution in [1.29, 1.82) is 0 Å². The molecule has 5 nitrogen and oxygen atoms in total. The number of amides is 1. The van der Waals surface area contributed by atoms with Crippen LogP contribution in [0.5, 0.6) is 0 Å². The van der Waals surface area contributed by atoms with Crippen LogP contribution in [0.15, 0.2) is 42.6 Å². The fourth-order valence-corrected chi connectivity index (χ4v) is 2.39. The predicted octanol–water partition coefficient (Wildman–Crippen LogP) is 3.20. The highest BCUT2D eigenvalue weighted by Crippen LogP contribution is 2.29. The zero-order chi connectivity index (χ0) is 15.0. The van der Waals surface area contributed by atoms with Crippen molar-refractivity contribution in [2.75, 3.05) is 11.1 Å². The summed E-state index contributed by atoms with van der Waals surface area (Å²) in [5.41, 5.74) is 9.01. The molecule has 0 fully saturated rings. The topological polar surface area (TPSA) is 72.4 Å². The Hall–Kier alpha value is -2.53. The predicted molar refractivity (Wildman–Crippen MR) is 84.4 cm³/mol. The van der Waals surface area contributed by atoms with Crippen LogP contribution in [0.4, 0.5) is 11.5 Å². The van der Waals surface area contributed by atoms with Gasteiger partial charge in [0.15, 0.2) is 5.65 Å². The fraction of sp³-hybridized carbons (Fsp3) is 0.0667. The molecule has 0 saturated heterocycles. The highest BCUT2D eigenvalue weighted by Gasteiger charge is 2.13. The smallest absolute Gasteiger partial charge is 0.221 e. The Morgan fingerprint density at radius 2 is 2.00 bits per heavy atom. The van der Waals surface area contributed by atoms with Crippen molar-refractivity contribution in [3.8, 4) is 11.3 Å². The molecule has 6 heteroatoms. The number of nitrogens with one attached hydrogen (secondary N) is 1. The molecule has 21 heavy (non-hydrogen) atoms. The molecule has 106 valence electrons. The van der Waals surface area contributed by atoms with Gasteiger partial charge in [0.05, 0.1) is 5.02 Å². The molecule has 3 aromatic rings. The van der Waals surface area contributed by atoms with Gasteiger partial charge < -0.3 is 11.1 Å². The first-order valence-electron chi connectivity index (χ1n) is 6.36. The Labute approximate surface area is 126 Å². The molecule has 0 aliphatic rings. The van der Waals surface area contributed by atoms with Crippen molar-refractivity contribution in [2.24, 2.45) is 0 Å². The summed E-state index contributed by atoms with van der Waals surface area (Å²) in [5.74, 6) is 0.418. The minimum absolute atomic E-state index is 0.109. The summed E-state index contributed by atoms with van der Waals surface area (Å²) in [6, 6.07) is 10.9. The van der Waals surface area contributed by atoms with Crippen LogP contribution in [-0.4, -0.2) is 15.3 Å². The summed E-state index contributed by atoms with van der Waals surface area (Å²) in [5, 5.41) is 3.26. The monoisotopic (exact) mass is 300 g/mol. The molecule has 1 amide bonds. The van der Waals surface area contributed by atoms with Crippen molar-refractivity contribution >= 4 is 34.7 Å². The lowest BCUT2D eigenvalue weighted by atomic mass is 10.1. The normalized spacial score (nSPS) is 10.8. The average molecular weight is 301 g/mol. The number of carbonyl (C=O) groups excluding carboxylic acids is 1. The quantitative estimate of drug-likeness (QED) is 0.763. The van der Waals surface area contributed by atoms with E-state index in [2.05, 4.69) is 10.3 Å².